The standard InChI is InChI=1S/C28H33N5O13S/c1-47(41,42)46-24-16-25(31(17-24)27(35)44-18-20-2-6-22(7-3-20)32(37)38)26(34)30-12-10-29(11-13-30)14-15-43-28(36)45-19-21-4-8-23(9-5-21)33(39)40/h2-9,24-25H,10-19H2,1H3/t24-,25-/m0/s1. The molecule has 0 radical (unpaired) electrons. The van der Waals surface area contributed by atoms with Crippen molar-refractivity contribution >= 4 is 39.6 Å². The molecule has 4 rings (SSSR count). The Morgan fingerprint density at radius 3 is 1.87 bits per heavy atom. The second-order valence-electron chi connectivity index (χ2n) is 10.8. The molecular formula is C28H33N5O13S. The molecule has 0 aromatic heterocycles. The van der Waals surface area contributed by atoms with Gasteiger partial charge in [-0.2, -0.15) is 8.42 Å². The molecule has 2 aliphatic heterocycles. The Kier molecular flexibility index (Phi) is 11.6. The normalized spacial score (nSPS) is 18.4. The first-order valence-electron chi connectivity index (χ1n) is 14.4. The van der Waals surface area contributed by atoms with E-state index in [1.54, 1.807) is 4.90 Å². The van der Waals surface area contributed by atoms with Gasteiger partial charge >= 0.3 is 12.2 Å². The Labute approximate surface area is 269 Å². The van der Waals surface area contributed by atoms with E-state index in [2.05, 4.69) is 0 Å². The van der Waals surface area contributed by atoms with Crippen LogP contribution < -0.4 is 0 Å². The molecule has 2 fully saturated rings. The molecule has 2 aromatic carbocycles. The quantitative estimate of drug-likeness (QED) is 0.136. The van der Waals surface area contributed by atoms with Gasteiger partial charge in [-0.25, -0.2) is 9.59 Å². The van der Waals surface area contributed by atoms with Gasteiger partial charge in [0.1, 0.15) is 25.9 Å². The zero-order chi connectivity index (χ0) is 34.1. The second-order valence-corrected chi connectivity index (χ2v) is 12.4. The molecule has 0 bridgehead atoms. The molecule has 2 atom stereocenters. The molecule has 0 spiro atoms. The minimum Gasteiger partial charge on any atom is -0.445 e. The minimum absolute atomic E-state index is 0.0224. The number of carbonyl (C=O) groups is 3. The van der Waals surface area contributed by atoms with Gasteiger partial charge in [0.15, 0.2) is 0 Å². The van der Waals surface area contributed by atoms with E-state index in [1.165, 1.54) is 48.5 Å². The molecule has 254 valence electrons. The van der Waals surface area contributed by atoms with Crippen molar-refractivity contribution in [3.8, 4) is 0 Å². The summed E-state index contributed by atoms with van der Waals surface area (Å²) < 4.78 is 44.1. The summed E-state index contributed by atoms with van der Waals surface area (Å²) in [5.41, 5.74) is 0.829. The molecule has 0 N–H and O–H groups in total. The molecule has 2 aliphatic rings. The van der Waals surface area contributed by atoms with Crippen LogP contribution in [-0.4, -0.2) is 115 Å². The highest BCUT2D eigenvalue weighted by Gasteiger charge is 2.44. The Hall–Kier alpha value is -4.88. The maximum absolute atomic E-state index is 13.5. The molecule has 18 nitrogen and oxygen atoms in total. The molecule has 2 saturated heterocycles. The van der Waals surface area contributed by atoms with E-state index in [-0.39, 0.29) is 44.2 Å². The maximum atomic E-state index is 13.5. The lowest BCUT2D eigenvalue weighted by molar-refractivity contribution is -0.385. The molecule has 19 heteroatoms. The van der Waals surface area contributed by atoms with Gasteiger partial charge in [0.25, 0.3) is 21.5 Å². The van der Waals surface area contributed by atoms with Crippen molar-refractivity contribution in [1.29, 1.82) is 0 Å². The number of ether oxygens (including phenoxy) is 3. The number of benzene rings is 2. The second kappa shape index (κ2) is 15.6. The van der Waals surface area contributed by atoms with Crippen LogP contribution in [0.15, 0.2) is 48.5 Å². The van der Waals surface area contributed by atoms with Crippen LogP contribution in [0.2, 0.25) is 0 Å². The van der Waals surface area contributed by atoms with Crippen molar-refractivity contribution in [2.45, 2.75) is 31.8 Å². The first kappa shape index (κ1) is 35.0. The van der Waals surface area contributed by atoms with E-state index >= 15 is 0 Å². The Balaban J connectivity index is 1.24. The van der Waals surface area contributed by atoms with Crippen LogP contribution in [0, 0.1) is 20.2 Å². The number of amides is 2. The summed E-state index contributed by atoms with van der Waals surface area (Å²) in [6, 6.07) is 9.92. The van der Waals surface area contributed by atoms with Gasteiger partial charge < -0.3 is 19.1 Å². The number of nitro benzene ring substituents is 2. The van der Waals surface area contributed by atoms with Crippen LogP contribution in [0.4, 0.5) is 21.0 Å². The number of likely N-dealkylation sites (tertiary alicyclic amines) is 1. The smallest absolute Gasteiger partial charge is 0.445 e. The van der Waals surface area contributed by atoms with Crippen LogP contribution in [0.5, 0.6) is 0 Å². The minimum atomic E-state index is -3.87. The van der Waals surface area contributed by atoms with Gasteiger partial charge in [-0.05, 0) is 35.4 Å². The van der Waals surface area contributed by atoms with Crippen molar-refractivity contribution in [2.75, 3.05) is 52.1 Å². The predicted molar refractivity (Wildman–Crippen MR) is 160 cm³/mol. The number of nitro groups is 2. The SMILES string of the molecule is CS(=O)(=O)O[C@H]1C[C@@H](C(=O)N2CCN(CCOC(=O)OCc3ccc([N+](=O)[O-])cc3)CC2)N(C(=O)OCc2ccc([N+](=O)[O-])cc2)C1. The molecule has 2 amide bonds. The third kappa shape index (κ3) is 10.3. The van der Waals surface area contributed by atoms with Crippen molar-refractivity contribution in [1.82, 2.24) is 14.7 Å². The Bertz CT molecular complexity index is 1560. The van der Waals surface area contributed by atoms with Crippen molar-refractivity contribution in [2.24, 2.45) is 0 Å². The zero-order valence-electron chi connectivity index (χ0n) is 25.3. The highest BCUT2D eigenvalue weighted by atomic mass is 32.2. The van der Waals surface area contributed by atoms with Crippen LogP contribution in [0.3, 0.4) is 0 Å². The van der Waals surface area contributed by atoms with Gasteiger partial charge in [-0.1, -0.05) is 0 Å². The van der Waals surface area contributed by atoms with E-state index in [1.807, 2.05) is 4.90 Å². The zero-order valence-corrected chi connectivity index (χ0v) is 26.1. The third-order valence-electron chi connectivity index (χ3n) is 7.42. The van der Waals surface area contributed by atoms with Crippen molar-refractivity contribution in [3.63, 3.8) is 0 Å². The fourth-order valence-electron chi connectivity index (χ4n) is 5.05. The number of piperazine rings is 1. The lowest BCUT2D eigenvalue weighted by atomic mass is 10.1. The Morgan fingerprint density at radius 1 is 0.830 bits per heavy atom. The third-order valence-corrected chi connectivity index (χ3v) is 8.04. The average Bonchev–Trinajstić information content (AvgIpc) is 3.45. The molecular weight excluding hydrogens is 646 g/mol. The summed E-state index contributed by atoms with van der Waals surface area (Å²) in [5.74, 6) is -0.400. The van der Waals surface area contributed by atoms with E-state index in [0.29, 0.717) is 43.9 Å². The lowest BCUT2D eigenvalue weighted by Crippen LogP contribution is -2.54. The van der Waals surface area contributed by atoms with Gasteiger partial charge in [-0.3, -0.25) is 39.0 Å². The van der Waals surface area contributed by atoms with Gasteiger partial charge in [0, 0.05) is 63.4 Å². The monoisotopic (exact) mass is 679 g/mol. The van der Waals surface area contributed by atoms with Gasteiger partial charge in [0.05, 0.1) is 28.8 Å². The largest absolute Gasteiger partial charge is 0.508 e. The summed E-state index contributed by atoms with van der Waals surface area (Å²) in [6.45, 7) is 1.32. The average molecular weight is 680 g/mol. The molecule has 47 heavy (non-hydrogen) atoms. The predicted octanol–water partition coefficient (Wildman–Crippen LogP) is 2.06. The van der Waals surface area contributed by atoms with Crippen molar-refractivity contribution < 1.29 is 51.0 Å². The van der Waals surface area contributed by atoms with E-state index in [9.17, 15) is 43.0 Å². The van der Waals surface area contributed by atoms with Crippen molar-refractivity contribution in [3.05, 3.63) is 79.9 Å². The van der Waals surface area contributed by atoms with Gasteiger partial charge in [0.2, 0.25) is 5.91 Å². The highest BCUT2D eigenvalue weighted by Crippen LogP contribution is 2.25. The Morgan fingerprint density at radius 2 is 1.36 bits per heavy atom. The van der Waals surface area contributed by atoms with Crippen LogP contribution in [0.1, 0.15) is 17.5 Å². The topological polar surface area (TPSA) is 218 Å². The first-order valence-corrected chi connectivity index (χ1v) is 16.2. The molecule has 0 saturated carbocycles. The van der Waals surface area contributed by atoms with Crippen LogP contribution in [0.25, 0.3) is 0 Å². The fraction of sp³-hybridized carbons (Fsp3) is 0.464. The number of carbonyl (C=O) groups excluding carboxylic acids is 3. The summed E-state index contributed by atoms with van der Waals surface area (Å²) >= 11 is 0. The number of non-ortho nitro benzene ring substituents is 2. The first-order chi connectivity index (χ1) is 22.3. The summed E-state index contributed by atoms with van der Waals surface area (Å²) in [4.78, 5) is 63.7. The number of rotatable bonds is 12. The molecule has 2 aromatic rings. The van der Waals surface area contributed by atoms with Gasteiger partial charge in [-0.15, -0.1) is 0 Å². The number of hydrogen-bond acceptors (Lipinski definition) is 14. The molecule has 0 unspecified atom stereocenters. The summed E-state index contributed by atoms with van der Waals surface area (Å²) in [6.07, 6.45) is -1.90. The fourth-order valence-corrected chi connectivity index (χ4v) is 5.68. The summed E-state index contributed by atoms with van der Waals surface area (Å²) in [5, 5.41) is 21.6. The molecule has 2 heterocycles. The number of hydrogen-bond donors (Lipinski definition) is 0. The van der Waals surface area contributed by atoms with Crippen LogP contribution >= 0.6 is 0 Å². The van der Waals surface area contributed by atoms with E-state index < -0.39 is 50.3 Å². The summed E-state index contributed by atoms with van der Waals surface area (Å²) in [7, 11) is -3.87. The van der Waals surface area contributed by atoms with E-state index in [4.69, 9.17) is 18.4 Å². The number of nitrogens with zero attached hydrogens (tertiary/aromatic N) is 5. The van der Waals surface area contributed by atoms with E-state index in [0.717, 1.165) is 11.2 Å². The van der Waals surface area contributed by atoms with Crippen LogP contribution in [-0.2, 0) is 46.5 Å². The molecule has 0 aliphatic carbocycles. The highest BCUT2D eigenvalue weighted by molar-refractivity contribution is 7.86. The lowest BCUT2D eigenvalue weighted by Gasteiger charge is -2.36. The maximum Gasteiger partial charge on any atom is 0.508 e.